The van der Waals surface area contributed by atoms with Crippen molar-refractivity contribution in [3.63, 3.8) is 0 Å². The van der Waals surface area contributed by atoms with Gasteiger partial charge in [-0.25, -0.2) is 9.97 Å². The van der Waals surface area contributed by atoms with Crippen LogP contribution in [0.4, 0.5) is 10.9 Å². The first-order chi connectivity index (χ1) is 13.5. The number of pyridine rings is 1. The van der Waals surface area contributed by atoms with E-state index in [1.54, 1.807) is 19.4 Å². The van der Waals surface area contributed by atoms with Crippen LogP contribution in [0.2, 0.25) is 0 Å². The lowest BCUT2D eigenvalue weighted by Crippen LogP contribution is -2.23. The Kier molecular flexibility index (Phi) is 6.38. The third kappa shape index (κ3) is 4.74. The fourth-order valence-electron chi connectivity index (χ4n) is 2.69. The van der Waals surface area contributed by atoms with E-state index in [1.807, 2.05) is 37.1 Å². The molecule has 146 valence electrons. The zero-order valence-electron chi connectivity index (χ0n) is 16.5. The topological polar surface area (TPSA) is 67.3 Å². The van der Waals surface area contributed by atoms with Crippen molar-refractivity contribution in [2.75, 3.05) is 37.5 Å². The lowest BCUT2D eigenvalue weighted by molar-refractivity contribution is 0.102. The number of carbonyl (C=O) groups is 1. The monoisotopic (exact) mass is 396 g/mol. The number of hydrogen-bond acceptors (Lipinski definition) is 6. The molecule has 0 aliphatic carbocycles. The van der Waals surface area contributed by atoms with E-state index < -0.39 is 0 Å². The average molecular weight is 397 g/mol. The van der Waals surface area contributed by atoms with Crippen LogP contribution in [0.1, 0.15) is 20.8 Å². The van der Waals surface area contributed by atoms with Crippen molar-refractivity contribution in [1.82, 2.24) is 9.97 Å². The summed E-state index contributed by atoms with van der Waals surface area (Å²) in [5, 5.41) is 3.46. The fourth-order valence-corrected chi connectivity index (χ4v) is 3.52. The predicted octanol–water partition coefficient (Wildman–Crippen LogP) is 4.16. The molecule has 3 aromatic rings. The van der Waals surface area contributed by atoms with Gasteiger partial charge in [0.1, 0.15) is 5.82 Å². The highest BCUT2D eigenvalue weighted by atomic mass is 32.1. The van der Waals surface area contributed by atoms with E-state index in [-0.39, 0.29) is 5.91 Å². The molecule has 0 saturated carbocycles. The van der Waals surface area contributed by atoms with Crippen LogP contribution in [-0.2, 0) is 4.74 Å². The molecule has 0 bridgehead atoms. The Morgan fingerprint density at radius 3 is 2.57 bits per heavy atom. The molecule has 0 unspecified atom stereocenters. The van der Waals surface area contributed by atoms with Gasteiger partial charge in [0.15, 0.2) is 5.13 Å². The van der Waals surface area contributed by atoms with Crippen molar-refractivity contribution >= 4 is 28.2 Å². The number of ether oxygens (including phenoxy) is 1. The lowest BCUT2D eigenvalue weighted by Gasteiger charge is -2.17. The first kappa shape index (κ1) is 20.0. The number of aryl methyl sites for hydroxylation is 2. The minimum absolute atomic E-state index is 0.220. The molecular formula is C21H24N4O2S. The van der Waals surface area contributed by atoms with Gasteiger partial charge in [-0.05, 0) is 26.0 Å². The van der Waals surface area contributed by atoms with Gasteiger partial charge < -0.3 is 9.64 Å². The van der Waals surface area contributed by atoms with E-state index in [1.165, 1.54) is 16.9 Å². The highest BCUT2D eigenvalue weighted by molar-refractivity contribution is 7.16. The number of likely N-dealkylation sites (N-methyl/N-ethyl adjacent to an activating group) is 1. The fraction of sp³-hybridized carbons (Fsp3) is 0.286. The van der Waals surface area contributed by atoms with Gasteiger partial charge in [0.25, 0.3) is 5.91 Å². The molecule has 0 aliphatic rings. The summed E-state index contributed by atoms with van der Waals surface area (Å²) in [4.78, 5) is 24.6. The summed E-state index contributed by atoms with van der Waals surface area (Å²) in [5.74, 6) is 0.572. The van der Waals surface area contributed by atoms with Crippen LogP contribution in [-0.4, -0.2) is 43.2 Å². The van der Waals surface area contributed by atoms with Gasteiger partial charge in [0.2, 0.25) is 0 Å². The van der Waals surface area contributed by atoms with Crippen molar-refractivity contribution in [1.29, 1.82) is 0 Å². The molecule has 0 spiro atoms. The number of benzene rings is 1. The highest BCUT2D eigenvalue weighted by Crippen LogP contribution is 2.30. The number of aromatic nitrogens is 2. The quantitative estimate of drug-likeness (QED) is 0.650. The van der Waals surface area contributed by atoms with Crippen molar-refractivity contribution in [3.05, 3.63) is 58.6 Å². The minimum atomic E-state index is -0.220. The van der Waals surface area contributed by atoms with Crippen molar-refractivity contribution < 1.29 is 9.53 Å². The predicted molar refractivity (Wildman–Crippen MR) is 114 cm³/mol. The summed E-state index contributed by atoms with van der Waals surface area (Å²) in [7, 11) is 3.60. The summed E-state index contributed by atoms with van der Waals surface area (Å²) < 4.78 is 5.07. The maximum absolute atomic E-state index is 12.6. The number of hydrogen-bond donors (Lipinski definition) is 1. The van der Waals surface area contributed by atoms with Crippen LogP contribution < -0.4 is 10.2 Å². The highest BCUT2D eigenvalue weighted by Gasteiger charge is 2.14. The van der Waals surface area contributed by atoms with E-state index in [4.69, 9.17) is 4.74 Å². The Bertz CT molecular complexity index is 936. The third-order valence-electron chi connectivity index (χ3n) is 4.37. The third-order valence-corrected chi connectivity index (χ3v) is 5.26. The number of nitrogens with zero attached hydrogens (tertiary/aromatic N) is 3. The van der Waals surface area contributed by atoms with E-state index in [9.17, 15) is 4.79 Å². The second-order valence-corrected chi connectivity index (χ2v) is 7.77. The average Bonchev–Trinajstić information content (AvgIpc) is 3.06. The van der Waals surface area contributed by atoms with E-state index >= 15 is 0 Å². The number of anilines is 2. The summed E-state index contributed by atoms with van der Waals surface area (Å²) >= 11 is 1.47. The Labute approximate surface area is 169 Å². The molecule has 2 heterocycles. The lowest BCUT2D eigenvalue weighted by atomic mass is 10.1. The molecular weight excluding hydrogens is 372 g/mol. The summed E-state index contributed by atoms with van der Waals surface area (Å²) in [6.07, 6.45) is 1.58. The van der Waals surface area contributed by atoms with Crippen molar-refractivity contribution in [2.24, 2.45) is 0 Å². The molecule has 1 aromatic carbocycles. The normalized spacial score (nSPS) is 10.7. The minimum Gasteiger partial charge on any atom is -0.383 e. The molecule has 0 fully saturated rings. The Hall–Kier alpha value is -2.77. The van der Waals surface area contributed by atoms with E-state index in [0.717, 1.165) is 28.5 Å². The van der Waals surface area contributed by atoms with Crippen LogP contribution in [0.5, 0.6) is 0 Å². The first-order valence-corrected chi connectivity index (χ1v) is 9.81. The number of rotatable bonds is 7. The number of nitrogens with one attached hydrogen (secondary N) is 1. The number of methoxy groups -OCH3 is 1. The molecule has 1 amide bonds. The molecule has 2 aromatic heterocycles. The summed E-state index contributed by atoms with van der Waals surface area (Å²) in [6.45, 7) is 5.41. The van der Waals surface area contributed by atoms with Crippen LogP contribution in [0.3, 0.4) is 0 Å². The molecule has 0 saturated heterocycles. The SMILES string of the molecule is COCCN(C)c1ccc(C(=O)Nc2nc(-c3ccc(C)cc3)c(C)s2)cn1. The largest absolute Gasteiger partial charge is 0.383 e. The van der Waals surface area contributed by atoms with Gasteiger partial charge in [0, 0.05) is 37.3 Å². The van der Waals surface area contributed by atoms with Crippen LogP contribution in [0.15, 0.2) is 42.6 Å². The zero-order chi connectivity index (χ0) is 20.1. The van der Waals surface area contributed by atoms with Crippen LogP contribution in [0, 0.1) is 13.8 Å². The Morgan fingerprint density at radius 2 is 1.93 bits per heavy atom. The Balaban J connectivity index is 1.69. The molecule has 0 atom stereocenters. The van der Waals surface area contributed by atoms with E-state index in [0.29, 0.717) is 17.3 Å². The maximum atomic E-state index is 12.6. The van der Waals surface area contributed by atoms with E-state index in [2.05, 4.69) is 34.3 Å². The van der Waals surface area contributed by atoms with Gasteiger partial charge in [-0.2, -0.15) is 0 Å². The summed E-state index contributed by atoms with van der Waals surface area (Å²) in [5.41, 5.74) is 3.64. The van der Waals surface area contributed by atoms with Gasteiger partial charge in [-0.3, -0.25) is 10.1 Å². The van der Waals surface area contributed by atoms with Crippen LogP contribution >= 0.6 is 11.3 Å². The maximum Gasteiger partial charge on any atom is 0.259 e. The molecule has 7 heteroatoms. The standard InChI is InChI=1S/C21H24N4O2S/c1-14-5-7-16(8-6-14)19-15(2)28-21(23-19)24-20(26)17-9-10-18(22-13-17)25(3)11-12-27-4/h5-10,13H,11-12H2,1-4H3,(H,23,24,26). The molecule has 0 aliphatic heterocycles. The Morgan fingerprint density at radius 1 is 1.18 bits per heavy atom. The van der Waals surface area contributed by atoms with Gasteiger partial charge in [-0.15, -0.1) is 11.3 Å². The molecule has 3 rings (SSSR count). The summed E-state index contributed by atoms with van der Waals surface area (Å²) in [6, 6.07) is 11.8. The smallest absolute Gasteiger partial charge is 0.259 e. The number of carbonyl (C=O) groups excluding carboxylic acids is 1. The molecule has 28 heavy (non-hydrogen) atoms. The van der Waals surface area contributed by atoms with Gasteiger partial charge in [0.05, 0.1) is 17.9 Å². The van der Waals surface area contributed by atoms with Crippen LogP contribution in [0.25, 0.3) is 11.3 Å². The van der Waals surface area contributed by atoms with Crippen molar-refractivity contribution in [3.8, 4) is 11.3 Å². The second kappa shape index (κ2) is 8.95. The van der Waals surface area contributed by atoms with Gasteiger partial charge in [-0.1, -0.05) is 29.8 Å². The first-order valence-electron chi connectivity index (χ1n) is 9.00. The van der Waals surface area contributed by atoms with Crippen molar-refractivity contribution in [2.45, 2.75) is 13.8 Å². The second-order valence-electron chi connectivity index (χ2n) is 6.56. The molecule has 6 nitrogen and oxygen atoms in total. The molecule has 0 radical (unpaired) electrons. The number of amides is 1. The van der Waals surface area contributed by atoms with Gasteiger partial charge >= 0.3 is 0 Å². The number of thiazole rings is 1. The molecule has 1 N–H and O–H groups in total. The zero-order valence-corrected chi connectivity index (χ0v) is 17.3.